The first-order valence-electron chi connectivity index (χ1n) is 7.83. The molecule has 0 radical (unpaired) electrons. The van der Waals surface area contributed by atoms with E-state index in [1.807, 2.05) is 36.4 Å². The summed E-state index contributed by atoms with van der Waals surface area (Å²) in [6.45, 7) is 1.07. The van der Waals surface area contributed by atoms with Gasteiger partial charge in [-0.15, -0.1) is 0 Å². The lowest BCUT2D eigenvalue weighted by Crippen LogP contribution is -2.31. The van der Waals surface area contributed by atoms with Crippen LogP contribution in [0, 0.1) is 11.8 Å². The standard InChI is InChI=1S/C19H17NO3/c21-18(16-9-17(16)19(22)23)20-10-12-5-1-3-7-14(12)15-8-4-2-6-13(15)11-20/h1-8,16-17H,9-11H2,(H,22,23)/t16-,17-/m1/s1. The highest BCUT2D eigenvalue weighted by Gasteiger charge is 2.50. The number of aliphatic carboxylic acids is 1. The van der Waals surface area contributed by atoms with Crippen LogP contribution in [0.15, 0.2) is 48.5 Å². The van der Waals surface area contributed by atoms with Crippen molar-refractivity contribution in [2.75, 3.05) is 0 Å². The fourth-order valence-corrected chi connectivity index (χ4v) is 3.44. The Hall–Kier alpha value is -2.62. The number of benzene rings is 2. The molecule has 1 saturated carbocycles. The molecule has 1 fully saturated rings. The number of hydrogen-bond donors (Lipinski definition) is 1. The smallest absolute Gasteiger partial charge is 0.307 e. The Bertz CT molecular complexity index is 751. The van der Waals surface area contributed by atoms with Crippen LogP contribution < -0.4 is 0 Å². The summed E-state index contributed by atoms with van der Waals surface area (Å²) in [4.78, 5) is 25.6. The summed E-state index contributed by atoms with van der Waals surface area (Å²) in [5, 5.41) is 9.07. The molecule has 116 valence electrons. The number of carbonyl (C=O) groups is 2. The number of nitrogens with zero attached hydrogens (tertiary/aromatic N) is 1. The molecule has 2 atom stereocenters. The Morgan fingerprint density at radius 1 is 0.870 bits per heavy atom. The zero-order chi connectivity index (χ0) is 16.0. The van der Waals surface area contributed by atoms with Gasteiger partial charge in [0.1, 0.15) is 0 Å². The third kappa shape index (κ3) is 2.40. The van der Waals surface area contributed by atoms with Gasteiger partial charge < -0.3 is 10.0 Å². The molecule has 2 aromatic rings. The molecule has 23 heavy (non-hydrogen) atoms. The average Bonchev–Trinajstić information content (AvgIpc) is 3.36. The summed E-state index contributed by atoms with van der Waals surface area (Å²) in [6.07, 6.45) is 0.466. The van der Waals surface area contributed by atoms with Gasteiger partial charge >= 0.3 is 5.97 Å². The molecule has 0 unspecified atom stereocenters. The van der Waals surface area contributed by atoms with E-state index in [4.69, 9.17) is 5.11 Å². The normalized spacial score (nSPS) is 21.8. The minimum atomic E-state index is -0.862. The molecule has 2 aromatic carbocycles. The number of carbonyl (C=O) groups excluding carboxylic acids is 1. The van der Waals surface area contributed by atoms with Crippen LogP contribution in [0.25, 0.3) is 11.1 Å². The van der Waals surface area contributed by atoms with Crippen molar-refractivity contribution in [1.29, 1.82) is 0 Å². The highest BCUT2D eigenvalue weighted by atomic mass is 16.4. The van der Waals surface area contributed by atoms with Gasteiger partial charge in [-0.05, 0) is 28.7 Å². The van der Waals surface area contributed by atoms with Crippen LogP contribution in [0.4, 0.5) is 0 Å². The Labute approximate surface area is 134 Å². The van der Waals surface area contributed by atoms with Crippen LogP contribution in [-0.4, -0.2) is 21.9 Å². The summed E-state index contributed by atoms with van der Waals surface area (Å²) in [5.74, 6) is -1.76. The van der Waals surface area contributed by atoms with Gasteiger partial charge in [0.25, 0.3) is 0 Å². The maximum Gasteiger partial charge on any atom is 0.307 e. The van der Waals surface area contributed by atoms with Gasteiger partial charge in [-0.25, -0.2) is 0 Å². The molecule has 1 heterocycles. The van der Waals surface area contributed by atoms with Crippen molar-refractivity contribution in [3.05, 3.63) is 59.7 Å². The number of fused-ring (bicyclic) bond motifs is 3. The van der Waals surface area contributed by atoms with E-state index >= 15 is 0 Å². The molecule has 0 saturated heterocycles. The van der Waals surface area contributed by atoms with Crippen molar-refractivity contribution in [1.82, 2.24) is 4.90 Å². The van der Waals surface area contributed by atoms with E-state index in [1.54, 1.807) is 4.90 Å². The van der Waals surface area contributed by atoms with Gasteiger partial charge in [0.05, 0.1) is 11.8 Å². The number of rotatable bonds is 2. The van der Waals surface area contributed by atoms with Gasteiger partial charge in [0.2, 0.25) is 5.91 Å². The molecule has 1 aliphatic heterocycles. The Kier molecular flexibility index (Phi) is 3.18. The van der Waals surface area contributed by atoms with E-state index in [0.29, 0.717) is 19.5 Å². The predicted octanol–water partition coefficient (Wildman–Crippen LogP) is 2.92. The Morgan fingerprint density at radius 2 is 1.39 bits per heavy atom. The summed E-state index contributed by atoms with van der Waals surface area (Å²) in [7, 11) is 0. The lowest BCUT2D eigenvalue weighted by Gasteiger charge is -2.21. The highest BCUT2D eigenvalue weighted by Crippen LogP contribution is 2.42. The van der Waals surface area contributed by atoms with Gasteiger partial charge in [0, 0.05) is 13.1 Å². The van der Waals surface area contributed by atoms with Crippen molar-refractivity contribution in [3.8, 4) is 11.1 Å². The molecule has 1 amide bonds. The topological polar surface area (TPSA) is 57.6 Å². The summed E-state index contributed by atoms with van der Waals surface area (Å²) >= 11 is 0. The van der Waals surface area contributed by atoms with Gasteiger partial charge in [0.15, 0.2) is 0 Å². The summed E-state index contributed by atoms with van der Waals surface area (Å²) in [6, 6.07) is 16.2. The second-order valence-corrected chi connectivity index (χ2v) is 6.30. The molecule has 1 N–H and O–H groups in total. The van der Waals surface area contributed by atoms with Crippen molar-refractivity contribution < 1.29 is 14.7 Å². The van der Waals surface area contributed by atoms with Crippen LogP contribution in [0.1, 0.15) is 17.5 Å². The second kappa shape index (κ2) is 5.23. The number of amides is 1. The molecular weight excluding hydrogens is 290 g/mol. The van der Waals surface area contributed by atoms with Crippen molar-refractivity contribution in [3.63, 3.8) is 0 Å². The van der Waals surface area contributed by atoms with Crippen molar-refractivity contribution >= 4 is 11.9 Å². The van der Waals surface area contributed by atoms with Crippen LogP contribution in [0.5, 0.6) is 0 Å². The van der Waals surface area contributed by atoms with E-state index < -0.39 is 11.9 Å². The first-order chi connectivity index (χ1) is 11.1. The van der Waals surface area contributed by atoms with Crippen LogP contribution in [-0.2, 0) is 22.7 Å². The monoisotopic (exact) mass is 307 g/mol. The molecular formula is C19H17NO3. The molecule has 0 bridgehead atoms. The first kappa shape index (κ1) is 14.0. The predicted molar refractivity (Wildman–Crippen MR) is 85.4 cm³/mol. The minimum absolute atomic E-state index is 0.0380. The number of hydrogen-bond acceptors (Lipinski definition) is 2. The van der Waals surface area contributed by atoms with E-state index in [9.17, 15) is 9.59 Å². The molecule has 4 rings (SSSR count). The first-order valence-corrected chi connectivity index (χ1v) is 7.83. The molecule has 4 nitrogen and oxygen atoms in total. The zero-order valence-corrected chi connectivity index (χ0v) is 12.6. The van der Waals surface area contributed by atoms with Crippen LogP contribution in [0.3, 0.4) is 0 Å². The second-order valence-electron chi connectivity index (χ2n) is 6.30. The minimum Gasteiger partial charge on any atom is -0.481 e. The quantitative estimate of drug-likeness (QED) is 0.928. The van der Waals surface area contributed by atoms with Crippen LogP contribution >= 0.6 is 0 Å². The van der Waals surface area contributed by atoms with Gasteiger partial charge in [-0.2, -0.15) is 0 Å². The SMILES string of the molecule is O=C(O)[C@@H]1C[C@H]1C(=O)N1Cc2ccccc2-c2ccccc2C1. The summed E-state index contributed by atoms with van der Waals surface area (Å²) < 4.78 is 0. The lowest BCUT2D eigenvalue weighted by molar-refractivity contribution is -0.142. The van der Waals surface area contributed by atoms with Crippen LogP contribution in [0.2, 0.25) is 0 Å². The maximum absolute atomic E-state index is 12.7. The van der Waals surface area contributed by atoms with Crippen molar-refractivity contribution in [2.45, 2.75) is 19.5 Å². The van der Waals surface area contributed by atoms with Crippen molar-refractivity contribution in [2.24, 2.45) is 11.8 Å². The number of carboxylic acid groups (broad SMARTS) is 1. The van der Waals surface area contributed by atoms with E-state index in [2.05, 4.69) is 12.1 Å². The fourth-order valence-electron chi connectivity index (χ4n) is 3.44. The Balaban J connectivity index is 1.70. The molecule has 0 aromatic heterocycles. The van der Waals surface area contributed by atoms with Gasteiger partial charge in [-0.3, -0.25) is 9.59 Å². The maximum atomic E-state index is 12.7. The molecule has 4 heteroatoms. The fraction of sp³-hybridized carbons (Fsp3) is 0.263. The largest absolute Gasteiger partial charge is 0.481 e. The number of carboxylic acids is 1. The third-order valence-corrected chi connectivity index (χ3v) is 4.78. The molecule has 0 spiro atoms. The van der Waals surface area contributed by atoms with E-state index in [1.165, 1.54) is 0 Å². The molecule has 1 aliphatic carbocycles. The third-order valence-electron chi connectivity index (χ3n) is 4.78. The summed E-state index contributed by atoms with van der Waals surface area (Å²) in [5.41, 5.74) is 4.53. The zero-order valence-electron chi connectivity index (χ0n) is 12.6. The van der Waals surface area contributed by atoms with E-state index in [0.717, 1.165) is 22.3 Å². The molecule has 2 aliphatic rings. The highest BCUT2D eigenvalue weighted by molar-refractivity contribution is 5.90. The average molecular weight is 307 g/mol. The van der Waals surface area contributed by atoms with E-state index in [-0.39, 0.29) is 11.8 Å². The lowest BCUT2D eigenvalue weighted by atomic mass is 9.97. The van der Waals surface area contributed by atoms with Gasteiger partial charge in [-0.1, -0.05) is 48.5 Å². The Morgan fingerprint density at radius 3 is 1.87 bits per heavy atom.